The van der Waals surface area contributed by atoms with E-state index in [1.165, 1.54) is 0 Å². The van der Waals surface area contributed by atoms with Gasteiger partial charge in [0.1, 0.15) is 0 Å². The van der Waals surface area contributed by atoms with Crippen LogP contribution in [0, 0.1) is 0 Å². The van der Waals surface area contributed by atoms with Crippen LogP contribution in [0.2, 0.25) is 0 Å². The Morgan fingerprint density at radius 2 is 2.20 bits per heavy atom. The SMILES string of the molecule is CC(C)c1nc(CN2CCC(O)c3ccccc32)no1. The van der Waals surface area contributed by atoms with Gasteiger partial charge in [0.25, 0.3) is 0 Å². The van der Waals surface area contributed by atoms with Gasteiger partial charge in [-0.2, -0.15) is 4.98 Å². The van der Waals surface area contributed by atoms with Gasteiger partial charge in [0.05, 0.1) is 12.6 Å². The molecule has 0 bridgehead atoms. The standard InChI is InChI=1S/C15H19N3O2/c1-10(2)15-16-14(17-20-15)9-18-8-7-13(19)11-5-3-4-6-12(11)18/h3-6,10,13,19H,7-9H2,1-2H3. The van der Waals surface area contributed by atoms with E-state index < -0.39 is 0 Å². The first kappa shape index (κ1) is 13.1. The number of hydrogen-bond acceptors (Lipinski definition) is 5. The van der Waals surface area contributed by atoms with Crippen LogP contribution in [-0.2, 0) is 6.54 Å². The maximum atomic E-state index is 10.0. The first-order valence-corrected chi connectivity index (χ1v) is 6.99. The minimum atomic E-state index is -0.376. The molecule has 0 radical (unpaired) electrons. The lowest BCUT2D eigenvalue weighted by atomic mass is 9.99. The van der Waals surface area contributed by atoms with Crippen molar-refractivity contribution in [3.05, 3.63) is 41.5 Å². The number of aliphatic hydroxyl groups excluding tert-OH is 1. The lowest BCUT2D eigenvalue weighted by Crippen LogP contribution is -2.31. The summed E-state index contributed by atoms with van der Waals surface area (Å²) >= 11 is 0. The number of nitrogens with zero attached hydrogens (tertiary/aromatic N) is 3. The van der Waals surface area contributed by atoms with Crippen molar-refractivity contribution in [1.82, 2.24) is 10.1 Å². The highest BCUT2D eigenvalue weighted by atomic mass is 16.5. The van der Waals surface area contributed by atoms with Crippen molar-refractivity contribution in [3.63, 3.8) is 0 Å². The fourth-order valence-electron chi connectivity index (χ4n) is 2.51. The van der Waals surface area contributed by atoms with Crippen LogP contribution in [0.3, 0.4) is 0 Å². The van der Waals surface area contributed by atoms with Crippen molar-refractivity contribution in [1.29, 1.82) is 0 Å². The Balaban J connectivity index is 1.83. The molecule has 0 aliphatic carbocycles. The summed E-state index contributed by atoms with van der Waals surface area (Å²) in [6.45, 7) is 5.47. The molecule has 0 saturated carbocycles. The second kappa shape index (κ2) is 5.25. The van der Waals surface area contributed by atoms with Crippen LogP contribution >= 0.6 is 0 Å². The molecule has 0 amide bonds. The van der Waals surface area contributed by atoms with E-state index in [0.29, 0.717) is 18.3 Å². The van der Waals surface area contributed by atoms with Crippen molar-refractivity contribution in [3.8, 4) is 0 Å². The molecule has 1 aromatic heterocycles. The molecule has 3 rings (SSSR count). The Bertz CT molecular complexity index is 594. The van der Waals surface area contributed by atoms with Gasteiger partial charge in [0.15, 0.2) is 5.82 Å². The van der Waals surface area contributed by atoms with Crippen LogP contribution in [0.1, 0.15) is 49.6 Å². The fourth-order valence-corrected chi connectivity index (χ4v) is 2.51. The van der Waals surface area contributed by atoms with E-state index in [9.17, 15) is 5.11 Å². The summed E-state index contributed by atoms with van der Waals surface area (Å²) in [5.74, 6) is 1.61. The third-order valence-corrected chi connectivity index (χ3v) is 3.62. The molecule has 2 aromatic rings. The molecule has 2 heterocycles. The quantitative estimate of drug-likeness (QED) is 0.931. The van der Waals surface area contributed by atoms with Crippen LogP contribution in [0.15, 0.2) is 28.8 Å². The average molecular weight is 273 g/mol. The Kier molecular flexibility index (Phi) is 3.44. The normalized spacial score (nSPS) is 18.4. The molecule has 1 atom stereocenters. The molecule has 1 N–H and O–H groups in total. The summed E-state index contributed by atoms with van der Waals surface area (Å²) in [5, 5.41) is 14.1. The van der Waals surface area contributed by atoms with Crippen LogP contribution in [0.25, 0.3) is 0 Å². The molecule has 5 heteroatoms. The molecule has 0 spiro atoms. The first-order valence-electron chi connectivity index (χ1n) is 6.99. The smallest absolute Gasteiger partial charge is 0.229 e. The van der Waals surface area contributed by atoms with E-state index in [1.807, 2.05) is 38.1 Å². The van der Waals surface area contributed by atoms with Crippen molar-refractivity contribution in [2.75, 3.05) is 11.4 Å². The lowest BCUT2D eigenvalue weighted by Gasteiger charge is -2.32. The molecule has 1 aliphatic rings. The number of benzene rings is 1. The summed E-state index contributed by atoms with van der Waals surface area (Å²) in [5.41, 5.74) is 2.04. The van der Waals surface area contributed by atoms with E-state index in [2.05, 4.69) is 15.0 Å². The van der Waals surface area contributed by atoms with Crippen molar-refractivity contribution >= 4 is 5.69 Å². The second-order valence-electron chi connectivity index (χ2n) is 5.49. The van der Waals surface area contributed by atoms with Gasteiger partial charge in [0, 0.05) is 23.7 Å². The van der Waals surface area contributed by atoms with Gasteiger partial charge >= 0.3 is 0 Å². The number of anilines is 1. The van der Waals surface area contributed by atoms with Crippen LogP contribution < -0.4 is 4.90 Å². The Hall–Kier alpha value is -1.88. The largest absolute Gasteiger partial charge is 0.388 e. The summed E-state index contributed by atoms with van der Waals surface area (Å²) in [6.07, 6.45) is 0.352. The maximum Gasteiger partial charge on any atom is 0.229 e. The summed E-state index contributed by atoms with van der Waals surface area (Å²) in [4.78, 5) is 6.61. The Labute approximate surface area is 118 Å². The minimum absolute atomic E-state index is 0.242. The Morgan fingerprint density at radius 1 is 1.40 bits per heavy atom. The molecule has 20 heavy (non-hydrogen) atoms. The van der Waals surface area contributed by atoms with Gasteiger partial charge in [-0.3, -0.25) is 0 Å². The summed E-state index contributed by atoms with van der Waals surface area (Å²) < 4.78 is 5.24. The molecule has 106 valence electrons. The van der Waals surface area contributed by atoms with E-state index in [-0.39, 0.29) is 12.0 Å². The second-order valence-corrected chi connectivity index (χ2v) is 5.49. The molecular weight excluding hydrogens is 254 g/mol. The zero-order valence-electron chi connectivity index (χ0n) is 11.8. The molecule has 1 unspecified atom stereocenters. The predicted octanol–water partition coefficient (Wildman–Crippen LogP) is 2.64. The van der Waals surface area contributed by atoms with Crippen LogP contribution in [0.4, 0.5) is 5.69 Å². The van der Waals surface area contributed by atoms with E-state index in [4.69, 9.17) is 4.52 Å². The van der Waals surface area contributed by atoms with Gasteiger partial charge in [-0.15, -0.1) is 0 Å². The van der Waals surface area contributed by atoms with Gasteiger partial charge in [-0.1, -0.05) is 37.2 Å². The monoisotopic (exact) mass is 273 g/mol. The van der Waals surface area contributed by atoms with E-state index >= 15 is 0 Å². The predicted molar refractivity (Wildman–Crippen MR) is 75.5 cm³/mol. The fraction of sp³-hybridized carbons (Fsp3) is 0.467. The molecular formula is C15H19N3O2. The number of aromatic nitrogens is 2. The average Bonchev–Trinajstić information content (AvgIpc) is 2.91. The third kappa shape index (κ3) is 2.41. The van der Waals surface area contributed by atoms with Gasteiger partial charge in [-0.25, -0.2) is 0 Å². The highest BCUT2D eigenvalue weighted by molar-refractivity contribution is 5.56. The molecule has 0 fully saturated rings. The highest BCUT2D eigenvalue weighted by Crippen LogP contribution is 2.34. The van der Waals surface area contributed by atoms with Crippen molar-refractivity contribution in [2.45, 2.75) is 38.8 Å². The number of aliphatic hydroxyl groups is 1. The third-order valence-electron chi connectivity index (χ3n) is 3.62. The number of fused-ring (bicyclic) bond motifs is 1. The van der Waals surface area contributed by atoms with Crippen molar-refractivity contribution < 1.29 is 9.63 Å². The molecule has 0 saturated heterocycles. The zero-order chi connectivity index (χ0) is 14.1. The van der Waals surface area contributed by atoms with Gasteiger partial charge in [-0.05, 0) is 12.5 Å². The van der Waals surface area contributed by atoms with Gasteiger partial charge < -0.3 is 14.5 Å². The zero-order valence-corrected chi connectivity index (χ0v) is 11.8. The topological polar surface area (TPSA) is 62.4 Å². The lowest BCUT2D eigenvalue weighted by molar-refractivity contribution is 0.164. The summed E-state index contributed by atoms with van der Waals surface area (Å²) in [6, 6.07) is 7.94. The molecule has 5 nitrogen and oxygen atoms in total. The highest BCUT2D eigenvalue weighted by Gasteiger charge is 2.24. The van der Waals surface area contributed by atoms with Crippen molar-refractivity contribution in [2.24, 2.45) is 0 Å². The number of hydrogen-bond donors (Lipinski definition) is 1. The first-order chi connectivity index (χ1) is 9.65. The molecule has 1 aliphatic heterocycles. The van der Waals surface area contributed by atoms with Gasteiger partial charge in [0.2, 0.25) is 5.89 Å². The van der Waals surface area contributed by atoms with Crippen LogP contribution in [-0.4, -0.2) is 21.8 Å². The summed E-state index contributed by atoms with van der Waals surface area (Å²) in [7, 11) is 0. The van der Waals surface area contributed by atoms with E-state index in [0.717, 1.165) is 24.2 Å². The maximum absolute atomic E-state index is 10.0. The number of rotatable bonds is 3. The minimum Gasteiger partial charge on any atom is -0.388 e. The van der Waals surface area contributed by atoms with Crippen LogP contribution in [0.5, 0.6) is 0 Å². The number of para-hydroxylation sites is 1. The molecule has 1 aromatic carbocycles. The van der Waals surface area contributed by atoms with E-state index in [1.54, 1.807) is 0 Å². The Morgan fingerprint density at radius 3 is 2.95 bits per heavy atom.